The van der Waals surface area contributed by atoms with Crippen molar-refractivity contribution in [3.63, 3.8) is 0 Å². The molecule has 3 unspecified atom stereocenters. The van der Waals surface area contributed by atoms with Crippen molar-refractivity contribution in [2.45, 2.75) is 77.9 Å². The van der Waals surface area contributed by atoms with E-state index in [4.69, 9.17) is 9.47 Å². The first-order chi connectivity index (χ1) is 9.29. The molecule has 0 spiro atoms. The maximum Gasteiger partial charge on any atom is 0.157 e. The van der Waals surface area contributed by atoms with Crippen molar-refractivity contribution in [1.82, 2.24) is 0 Å². The minimum absolute atomic E-state index is 0.0717. The van der Waals surface area contributed by atoms with Gasteiger partial charge in [0.05, 0.1) is 0 Å². The molecule has 2 fully saturated rings. The highest BCUT2D eigenvalue weighted by atomic mass is 16.7. The zero-order valence-corrected chi connectivity index (χ0v) is 12.9. The van der Waals surface area contributed by atoms with Gasteiger partial charge >= 0.3 is 0 Å². The Hall–Kier alpha value is -0.0800. The van der Waals surface area contributed by atoms with Gasteiger partial charge < -0.3 is 9.47 Å². The van der Waals surface area contributed by atoms with Crippen LogP contribution in [0.5, 0.6) is 0 Å². The van der Waals surface area contributed by atoms with Gasteiger partial charge in [0.15, 0.2) is 6.29 Å². The molecule has 0 radical (unpaired) electrons. The summed E-state index contributed by atoms with van der Waals surface area (Å²) >= 11 is 0. The Labute approximate surface area is 119 Å². The largest absolute Gasteiger partial charge is 0.353 e. The predicted molar refractivity (Wildman–Crippen MR) is 79.1 cm³/mol. The molecular formula is C17H32O2. The molecule has 0 aromatic rings. The van der Waals surface area contributed by atoms with Gasteiger partial charge in [0.1, 0.15) is 0 Å². The molecule has 2 aliphatic rings. The summed E-state index contributed by atoms with van der Waals surface area (Å²) in [7, 11) is 0. The second-order valence-electron chi connectivity index (χ2n) is 6.67. The number of hydrogen-bond acceptors (Lipinski definition) is 2. The Kier molecular flexibility index (Phi) is 6.66. The summed E-state index contributed by atoms with van der Waals surface area (Å²) in [5.41, 5.74) is 0. The molecule has 1 saturated carbocycles. The normalized spacial score (nSPS) is 32.5. The first-order valence-electron chi connectivity index (χ1n) is 8.52. The van der Waals surface area contributed by atoms with Crippen LogP contribution in [0.15, 0.2) is 0 Å². The number of ether oxygens (including phenoxy) is 2. The quantitative estimate of drug-likeness (QED) is 0.731. The molecular weight excluding hydrogens is 236 g/mol. The van der Waals surface area contributed by atoms with Crippen LogP contribution in [0, 0.1) is 17.8 Å². The lowest BCUT2D eigenvalue weighted by Crippen LogP contribution is -2.29. The van der Waals surface area contributed by atoms with E-state index in [1.54, 1.807) is 0 Å². The SMILES string of the molecule is CCC(CC1OCCCCCO1)C1CCCC(C)C1. The molecule has 0 aromatic heterocycles. The van der Waals surface area contributed by atoms with Gasteiger partial charge in [-0.2, -0.15) is 0 Å². The third-order valence-electron chi connectivity index (χ3n) is 5.06. The topological polar surface area (TPSA) is 18.5 Å². The highest BCUT2D eigenvalue weighted by Crippen LogP contribution is 2.37. The van der Waals surface area contributed by atoms with E-state index in [0.29, 0.717) is 0 Å². The van der Waals surface area contributed by atoms with Gasteiger partial charge in [-0.05, 0) is 43.4 Å². The van der Waals surface area contributed by atoms with Gasteiger partial charge in [0.2, 0.25) is 0 Å². The third-order valence-corrected chi connectivity index (χ3v) is 5.06. The van der Waals surface area contributed by atoms with E-state index in [1.165, 1.54) is 51.4 Å². The Morgan fingerprint density at radius 2 is 1.74 bits per heavy atom. The molecule has 112 valence electrons. The average molecular weight is 268 g/mol. The molecule has 1 aliphatic carbocycles. The summed E-state index contributed by atoms with van der Waals surface area (Å²) in [6.07, 6.45) is 11.8. The minimum Gasteiger partial charge on any atom is -0.353 e. The smallest absolute Gasteiger partial charge is 0.157 e. The fourth-order valence-electron chi connectivity index (χ4n) is 3.84. The van der Waals surface area contributed by atoms with Gasteiger partial charge in [-0.15, -0.1) is 0 Å². The maximum atomic E-state index is 5.91. The summed E-state index contributed by atoms with van der Waals surface area (Å²) in [6.45, 7) is 6.54. The molecule has 1 aliphatic heterocycles. The lowest BCUT2D eigenvalue weighted by Gasteiger charge is -2.35. The number of rotatable bonds is 4. The molecule has 1 saturated heterocycles. The van der Waals surface area contributed by atoms with Crippen LogP contribution in [0.2, 0.25) is 0 Å². The van der Waals surface area contributed by atoms with E-state index in [0.717, 1.165) is 37.4 Å². The van der Waals surface area contributed by atoms with Gasteiger partial charge in [-0.3, -0.25) is 0 Å². The van der Waals surface area contributed by atoms with Crippen molar-refractivity contribution in [1.29, 1.82) is 0 Å². The highest BCUT2D eigenvalue weighted by Gasteiger charge is 2.28. The van der Waals surface area contributed by atoms with E-state index in [9.17, 15) is 0 Å². The zero-order chi connectivity index (χ0) is 13.5. The summed E-state index contributed by atoms with van der Waals surface area (Å²) in [6, 6.07) is 0. The molecule has 19 heavy (non-hydrogen) atoms. The van der Waals surface area contributed by atoms with Crippen LogP contribution in [-0.2, 0) is 9.47 Å². The fourth-order valence-corrected chi connectivity index (χ4v) is 3.84. The third kappa shape index (κ3) is 5.07. The van der Waals surface area contributed by atoms with Crippen LogP contribution >= 0.6 is 0 Å². The van der Waals surface area contributed by atoms with Crippen LogP contribution in [-0.4, -0.2) is 19.5 Å². The maximum absolute atomic E-state index is 5.91. The Balaban J connectivity index is 1.82. The zero-order valence-electron chi connectivity index (χ0n) is 12.9. The van der Waals surface area contributed by atoms with Gasteiger partial charge in [0.25, 0.3) is 0 Å². The van der Waals surface area contributed by atoms with Crippen molar-refractivity contribution < 1.29 is 9.47 Å². The van der Waals surface area contributed by atoms with Crippen LogP contribution in [0.25, 0.3) is 0 Å². The summed E-state index contributed by atoms with van der Waals surface area (Å²) in [5.74, 6) is 2.63. The van der Waals surface area contributed by atoms with Gasteiger partial charge in [-0.25, -0.2) is 0 Å². The van der Waals surface area contributed by atoms with E-state index < -0.39 is 0 Å². The molecule has 0 N–H and O–H groups in total. The van der Waals surface area contributed by atoms with Crippen LogP contribution in [0.3, 0.4) is 0 Å². The monoisotopic (exact) mass is 268 g/mol. The molecule has 0 bridgehead atoms. The van der Waals surface area contributed by atoms with Crippen LogP contribution in [0.4, 0.5) is 0 Å². The number of hydrogen-bond donors (Lipinski definition) is 0. The highest BCUT2D eigenvalue weighted by molar-refractivity contribution is 4.77. The van der Waals surface area contributed by atoms with Crippen molar-refractivity contribution in [3.05, 3.63) is 0 Å². The van der Waals surface area contributed by atoms with E-state index >= 15 is 0 Å². The Morgan fingerprint density at radius 3 is 2.37 bits per heavy atom. The fraction of sp³-hybridized carbons (Fsp3) is 1.00. The molecule has 1 heterocycles. The Morgan fingerprint density at radius 1 is 1.00 bits per heavy atom. The lowest BCUT2D eigenvalue weighted by molar-refractivity contribution is -0.164. The van der Waals surface area contributed by atoms with Crippen LogP contribution < -0.4 is 0 Å². The van der Waals surface area contributed by atoms with Crippen molar-refractivity contribution >= 4 is 0 Å². The molecule has 0 amide bonds. The molecule has 2 nitrogen and oxygen atoms in total. The van der Waals surface area contributed by atoms with Gasteiger partial charge in [-0.1, -0.05) is 39.5 Å². The van der Waals surface area contributed by atoms with Gasteiger partial charge in [0, 0.05) is 19.6 Å². The minimum atomic E-state index is 0.0717. The van der Waals surface area contributed by atoms with E-state index in [1.807, 2.05) is 0 Å². The summed E-state index contributed by atoms with van der Waals surface area (Å²) in [4.78, 5) is 0. The molecule has 2 heteroatoms. The molecule has 0 aromatic carbocycles. The van der Waals surface area contributed by atoms with Crippen molar-refractivity contribution in [2.24, 2.45) is 17.8 Å². The van der Waals surface area contributed by atoms with Crippen molar-refractivity contribution in [3.8, 4) is 0 Å². The van der Waals surface area contributed by atoms with Crippen molar-refractivity contribution in [2.75, 3.05) is 13.2 Å². The predicted octanol–water partition coefficient (Wildman–Crippen LogP) is 4.77. The van der Waals surface area contributed by atoms with E-state index in [2.05, 4.69) is 13.8 Å². The first-order valence-corrected chi connectivity index (χ1v) is 8.52. The first kappa shape index (κ1) is 15.3. The standard InChI is InChI=1S/C17H32O2/c1-3-15(16-9-7-8-14(2)12-16)13-17-18-10-5-4-6-11-19-17/h14-17H,3-13H2,1-2H3. The Bertz CT molecular complexity index is 233. The average Bonchev–Trinajstić information content (AvgIpc) is 2.37. The molecule has 2 rings (SSSR count). The second kappa shape index (κ2) is 8.26. The summed E-state index contributed by atoms with van der Waals surface area (Å²) in [5, 5.41) is 0. The molecule has 3 atom stereocenters. The van der Waals surface area contributed by atoms with E-state index in [-0.39, 0.29) is 6.29 Å². The second-order valence-corrected chi connectivity index (χ2v) is 6.67. The summed E-state index contributed by atoms with van der Waals surface area (Å²) < 4.78 is 11.8. The van der Waals surface area contributed by atoms with Crippen LogP contribution in [0.1, 0.15) is 71.6 Å². The lowest BCUT2D eigenvalue weighted by atomic mass is 9.73.